The summed E-state index contributed by atoms with van der Waals surface area (Å²) < 4.78 is 0. The summed E-state index contributed by atoms with van der Waals surface area (Å²) in [7, 11) is 1.85. The van der Waals surface area contributed by atoms with Gasteiger partial charge in [0.1, 0.15) is 0 Å². The number of aliphatic imine (C=N–C) groups is 1. The first-order valence-electron chi connectivity index (χ1n) is 9.26. The molecule has 1 fully saturated rings. The Balaban J connectivity index is 0.00000312. The zero-order chi connectivity index (χ0) is 17.4. The second kappa shape index (κ2) is 11.4. The van der Waals surface area contributed by atoms with Crippen LogP contribution in [0.2, 0.25) is 0 Å². The summed E-state index contributed by atoms with van der Waals surface area (Å²) in [6.07, 6.45) is 3.92. The fourth-order valence-corrected chi connectivity index (χ4v) is 4.11. The molecule has 0 aliphatic carbocycles. The van der Waals surface area contributed by atoms with Crippen LogP contribution in [0, 0.1) is 5.92 Å². The normalized spacial score (nSPS) is 17.2. The van der Waals surface area contributed by atoms with Crippen molar-refractivity contribution in [1.29, 1.82) is 0 Å². The molecule has 144 valence electrons. The molecular weight excluding hydrogens is 443 g/mol. The summed E-state index contributed by atoms with van der Waals surface area (Å²) >= 11 is 1.82. The molecule has 2 rings (SSSR count). The minimum absolute atomic E-state index is 0. The molecule has 4 nitrogen and oxygen atoms in total. The summed E-state index contributed by atoms with van der Waals surface area (Å²) in [6.45, 7) is 12.4. The van der Waals surface area contributed by atoms with E-state index in [9.17, 15) is 0 Å². The number of guanidine groups is 1. The van der Waals surface area contributed by atoms with Gasteiger partial charge >= 0.3 is 0 Å². The number of rotatable bonds is 7. The maximum absolute atomic E-state index is 4.37. The van der Waals surface area contributed by atoms with Crippen molar-refractivity contribution in [3.8, 4) is 0 Å². The van der Waals surface area contributed by atoms with Crippen molar-refractivity contribution < 1.29 is 0 Å². The lowest BCUT2D eigenvalue weighted by Crippen LogP contribution is -2.44. The molecule has 0 aromatic carbocycles. The zero-order valence-electron chi connectivity index (χ0n) is 16.2. The summed E-state index contributed by atoms with van der Waals surface area (Å²) in [5.74, 6) is 1.78. The molecule has 0 bridgehead atoms. The van der Waals surface area contributed by atoms with E-state index in [1.54, 1.807) is 0 Å². The number of thiophene rings is 1. The molecule has 0 unspecified atom stereocenters. The average molecular weight is 478 g/mol. The van der Waals surface area contributed by atoms with Gasteiger partial charge in [0.25, 0.3) is 0 Å². The minimum atomic E-state index is 0. The van der Waals surface area contributed by atoms with Crippen molar-refractivity contribution in [1.82, 2.24) is 15.5 Å². The van der Waals surface area contributed by atoms with E-state index in [1.807, 2.05) is 18.4 Å². The van der Waals surface area contributed by atoms with Gasteiger partial charge in [-0.15, -0.1) is 35.3 Å². The molecule has 0 saturated carbocycles. The lowest BCUT2D eigenvalue weighted by atomic mass is 9.91. The summed E-state index contributed by atoms with van der Waals surface area (Å²) in [5.41, 5.74) is 0.124. The molecule has 1 saturated heterocycles. The van der Waals surface area contributed by atoms with Crippen LogP contribution in [0.25, 0.3) is 0 Å². The van der Waals surface area contributed by atoms with Crippen LogP contribution in [-0.4, -0.2) is 50.6 Å². The lowest BCUT2D eigenvalue weighted by Gasteiger charge is -2.31. The van der Waals surface area contributed by atoms with Gasteiger partial charge in [-0.05, 0) is 56.3 Å². The zero-order valence-corrected chi connectivity index (χ0v) is 19.3. The van der Waals surface area contributed by atoms with Gasteiger partial charge in [0, 0.05) is 30.4 Å². The van der Waals surface area contributed by atoms with Gasteiger partial charge in [0.05, 0.1) is 0 Å². The van der Waals surface area contributed by atoms with Crippen molar-refractivity contribution in [3.63, 3.8) is 0 Å². The van der Waals surface area contributed by atoms with Gasteiger partial charge in [-0.3, -0.25) is 4.99 Å². The number of likely N-dealkylation sites (tertiary alicyclic amines) is 1. The van der Waals surface area contributed by atoms with Gasteiger partial charge in [-0.2, -0.15) is 0 Å². The number of hydrogen-bond donors (Lipinski definition) is 2. The fourth-order valence-electron chi connectivity index (χ4n) is 3.26. The Bertz CT molecular complexity index is 494. The quantitative estimate of drug-likeness (QED) is 0.355. The van der Waals surface area contributed by atoms with E-state index < -0.39 is 0 Å². The molecule has 0 atom stereocenters. The molecular formula is C19H35IN4S. The standard InChI is InChI=1S/C19H34N4S.HI/c1-5-23-12-9-16(10-13-23)8-11-21-18(20-4)22-15-19(2,3)17-7-6-14-24-17;/h6-7,14,16H,5,8-13,15H2,1-4H3,(H2,20,21,22);1H. The monoisotopic (exact) mass is 478 g/mol. The maximum atomic E-state index is 4.37. The van der Waals surface area contributed by atoms with E-state index in [0.29, 0.717) is 0 Å². The molecule has 0 spiro atoms. The smallest absolute Gasteiger partial charge is 0.191 e. The Morgan fingerprint density at radius 2 is 2.04 bits per heavy atom. The van der Waals surface area contributed by atoms with Gasteiger partial charge in [0.15, 0.2) is 5.96 Å². The lowest BCUT2D eigenvalue weighted by molar-refractivity contribution is 0.187. The highest BCUT2D eigenvalue weighted by atomic mass is 127. The number of nitrogens with one attached hydrogen (secondary N) is 2. The third kappa shape index (κ3) is 7.43. The topological polar surface area (TPSA) is 39.7 Å². The van der Waals surface area contributed by atoms with Crippen molar-refractivity contribution in [2.45, 2.75) is 45.4 Å². The first-order chi connectivity index (χ1) is 11.5. The third-order valence-corrected chi connectivity index (χ3v) is 6.34. The molecule has 1 aliphatic heterocycles. The second-order valence-electron chi connectivity index (χ2n) is 7.38. The van der Waals surface area contributed by atoms with Crippen molar-refractivity contribution in [2.24, 2.45) is 10.9 Å². The predicted molar refractivity (Wildman–Crippen MR) is 122 cm³/mol. The van der Waals surface area contributed by atoms with Crippen LogP contribution >= 0.6 is 35.3 Å². The van der Waals surface area contributed by atoms with Gasteiger partial charge in [0.2, 0.25) is 0 Å². The van der Waals surface area contributed by atoms with Crippen molar-refractivity contribution >= 4 is 41.3 Å². The largest absolute Gasteiger partial charge is 0.356 e. The first kappa shape index (κ1) is 22.7. The maximum Gasteiger partial charge on any atom is 0.191 e. The molecule has 1 aromatic heterocycles. The molecule has 0 amide bonds. The number of halogens is 1. The average Bonchev–Trinajstić information content (AvgIpc) is 3.14. The van der Waals surface area contributed by atoms with Crippen LogP contribution < -0.4 is 10.6 Å². The summed E-state index contributed by atoms with van der Waals surface area (Å²) in [6, 6.07) is 4.34. The molecule has 6 heteroatoms. The second-order valence-corrected chi connectivity index (χ2v) is 8.33. The number of nitrogens with zero attached hydrogens (tertiary/aromatic N) is 2. The van der Waals surface area contributed by atoms with E-state index in [4.69, 9.17) is 0 Å². The molecule has 2 N–H and O–H groups in total. The van der Waals surface area contributed by atoms with Crippen molar-refractivity contribution in [2.75, 3.05) is 39.8 Å². The highest BCUT2D eigenvalue weighted by Crippen LogP contribution is 2.26. The molecule has 0 radical (unpaired) electrons. The Hall–Kier alpha value is -0.340. The number of hydrogen-bond acceptors (Lipinski definition) is 3. The Labute approximate surface area is 174 Å². The molecule has 1 aromatic rings. The van der Waals surface area contributed by atoms with Gasteiger partial charge < -0.3 is 15.5 Å². The van der Waals surface area contributed by atoms with Crippen LogP contribution in [0.3, 0.4) is 0 Å². The molecule has 1 aliphatic rings. The highest BCUT2D eigenvalue weighted by Gasteiger charge is 2.22. The van der Waals surface area contributed by atoms with Crippen LogP contribution in [-0.2, 0) is 5.41 Å². The van der Waals surface area contributed by atoms with Crippen LogP contribution in [0.5, 0.6) is 0 Å². The number of piperidine rings is 1. The first-order valence-corrected chi connectivity index (χ1v) is 10.1. The van der Waals surface area contributed by atoms with Crippen molar-refractivity contribution in [3.05, 3.63) is 22.4 Å². The van der Waals surface area contributed by atoms with E-state index in [-0.39, 0.29) is 29.4 Å². The van der Waals surface area contributed by atoms with E-state index in [2.05, 4.69) is 58.8 Å². The Kier molecular flexibility index (Phi) is 10.3. The minimum Gasteiger partial charge on any atom is -0.356 e. The Morgan fingerprint density at radius 3 is 2.60 bits per heavy atom. The predicted octanol–water partition coefficient (Wildman–Crippen LogP) is 3.93. The van der Waals surface area contributed by atoms with E-state index >= 15 is 0 Å². The highest BCUT2D eigenvalue weighted by molar-refractivity contribution is 14.0. The fraction of sp³-hybridized carbons (Fsp3) is 0.737. The van der Waals surface area contributed by atoms with Gasteiger partial charge in [-0.1, -0.05) is 26.8 Å². The SMILES string of the molecule is CCN1CCC(CCNC(=NC)NCC(C)(C)c2cccs2)CC1.I. The summed E-state index contributed by atoms with van der Waals surface area (Å²) in [4.78, 5) is 8.33. The molecule has 2 heterocycles. The van der Waals surface area contributed by atoms with Crippen LogP contribution in [0.15, 0.2) is 22.5 Å². The van der Waals surface area contributed by atoms with Crippen LogP contribution in [0.1, 0.15) is 44.9 Å². The summed E-state index contributed by atoms with van der Waals surface area (Å²) in [5, 5.41) is 9.12. The van der Waals surface area contributed by atoms with Gasteiger partial charge in [-0.25, -0.2) is 0 Å². The van der Waals surface area contributed by atoms with E-state index in [0.717, 1.165) is 25.0 Å². The third-order valence-electron chi connectivity index (χ3n) is 5.11. The van der Waals surface area contributed by atoms with E-state index in [1.165, 1.54) is 43.8 Å². The van der Waals surface area contributed by atoms with Crippen LogP contribution in [0.4, 0.5) is 0 Å². The Morgan fingerprint density at radius 1 is 1.32 bits per heavy atom. The molecule has 25 heavy (non-hydrogen) atoms.